The molecule has 0 fully saturated rings. The summed E-state index contributed by atoms with van der Waals surface area (Å²) in [5.41, 5.74) is 1.07. The van der Waals surface area contributed by atoms with E-state index in [9.17, 15) is 0 Å². The number of aromatic nitrogens is 2. The van der Waals surface area contributed by atoms with E-state index < -0.39 is 0 Å². The second kappa shape index (κ2) is 7.72. The first-order chi connectivity index (χ1) is 8.15. The number of halogens is 1. The molecule has 0 aliphatic carbocycles. The monoisotopic (exact) mass is 257 g/mol. The molecule has 4 heteroatoms. The lowest BCUT2D eigenvalue weighted by atomic mass is 10.1. The van der Waals surface area contributed by atoms with E-state index in [1.165, 1.54) is 19.3 Å². The minimum atomic E-state index is 0.622. The molecular weight excluding hydrogens is 234 g/mol. The third kappa shape index (κ3) is 5.09. The summed E-state index contributed by atoms with van der Waals surface area (Å²) in [6, 6.07) is 0.622. The first-order valence-electron chi connectivity index (χ1n) is 6.56. The average Bonchev–Trinajstić information content (AvgIpc) is 2.63. The Hall–Kier alpha value is -0.540. The molecule has 1 aromatic rings. The molecule has 1 unspecified atom stereocenters. The van der Waals surface area contributed by atoms with Crippen LogP contribution in [0.15, 0.2) is 6.20 Å². The van der Waals surface area contributed by atoms with Crippen molar-refractivity contribution in [3.63, 3.8) is 0 Å². The van der Waals surface area contributed by atoms with Gasteiger partial charge in [0.15, 0.2) is 0 Å². The zero-order chi connectivity index (χ0) is 12.7. The molecule has 0 aromatic carbocycles. The van der Waals surface area contributed by atoms with E-state index in [1.807, 2.05) is 11.6 Å². The van der Waals surface area contributed by atoms with E-state index in [1.54, 1.807) is 6.20 Å². The predicted molar refractivity (Wildman–Crippen MR) is 73.6 cm³/mol. The molecule has 0 saturated heterocycles. The molecule has 1 rings (SSSR count). The van der Waals surface area contributed by atoms with Gasteiger partial charge in [-0.25, -0.2) is 0 Å². The van der Waals surface area contributed by atoms with Crippen molar-refractivity contribution in [1.82, 2.24) is 15.1 Å². The molecule has 0 aliphatic heterocycles. The van der Waals surface area contributed by atoms with Crippen LogP contribution < -0.4 is 5.32 Å². The van der Waals surface area contributed by atoms with Gasteiger partial charge < -0.3 is 5.32 Å². The molecule has 0 saturated carbocycles. The molecule has 1 heterocycles. The van der Waals surface area contributed by atoms with Gasteiger partial charge in [0.05, 0.1) is 16.9 Å². The van der Waals surface area contributed by atoms with Crippen molar-refractivity contribution in [2.45, 2.75) is 59.0 Å². The molecule has 1 N–H and O–H groups in total. The molecule has 98 valence electrons. The highest BCUT2D eigenvalue weighted by Crippen LogP contribution is 2.14. The fourth-order valence-corrected chi connectivity index (χ4v) is 2.00. The second-order valence-electron chi connectivity index (χ2n) is 4.65. The molecule has 0 spiro atoms. The van der Waals surface area contributed by atoms with Crippen LogP contribution in [0.4, 0.5) is 0 Å². The van der Waals surface area contributed by atoms with Crippen molar-refractivity contribution >= 4 is 11.6 Å². The summed E-state index contributed by atoms with van der Waals surface area (Å²) in [7, 11) is 0. The first kappa shape index (κ1) is 14.5. The molecule has 1 aromatic heterocycles. The number of unbranched alkanes of at least 4 members (excludes halogenated alkanes) is 1. The molecule has 3 nitrogen and oxygen atoms in total. The van der Waals surface area contributed by atoms with E-state index in [-0.39, 0.29) is 0 Å². The third-order valence-corrected chi connectivity index (χ3v) is 3.41. The van der Waals surface area contributed by atoms with Gasteiger partial charge in [-0.05, 0) is 39.7 Å². The number of nitrogens with one attached hydrogen (secondary N) is 1. The summed E-state index contributed by atoms with van der Waals surface area (Å²) in [6.07, 6.45) is 6.55. The van der Waals surface area contributed by atoms with Gasteiger partial charge >= 0.3 is 0 Å². The van der Waals surface area contributed by atoms with Gasteiger partial charge in [0.1, 0.15) is 0 Å². The number of rotatable bonds is 8. The highest BCUT2D eigenvalue weighted by molar-refractivity contribution is 6.31. The summed E-state index contributed by atoms with van der Waals surface area (Å²) < 4.78 is 1.99. The Bertz CT molecular complexity index is 322. The van der Waals surface area contributed by atoms with Gasteiger partial charge in [-0.2, -0.15) is 5.10 Å². The Labute approximate surface area is 110 Å². The zero-order valence-electron chi connectivity index (χ0n) is 11.2. The molecular formula is C13H24ClN3. The van der Waals surface area contributed by atoms with Crippen molar-refractivity contribution in [3.05, 3.63) is 16.9 Å². The Morgan fingerprint density at radius 1 is 1.47 bits per heavy atom. The van der Waals surface area contributed by atoms with E-state index in [0.29, 0.717) is 6.04 Å². The molecule has 0 radical (unpaired) electrons. The second-order valence-corrected chi connectivity index (χ2v) is 5.06. The lowest BCUT2D eigenvalue weighted by Gasteiger charge is -2.12. The number of aryl methyl sites for hydroxylation is 1. The van der Waals surface area contributed by atoms with Crippen LogP contribution in [-0.2, 0) is 6.54 Å². The third-order valence-electron chi connectivity index (χ3n) is 3.04. The average molecular weight is 258 g/mol. The van der Waals surface area contributed by atoms with Gasteiger partial charge in [0.25, 0.3) is 0 Å². The van der Waals surface area contributed by atoms with Crippen LogP contribution in [0.5, 0.6) is 0 Å². The van der Waals surface area contributed by atoms with Crippen molar-refractivity contribution in [2.75, 3.05) is 6.54 Å². The van der Waals surface area contributed by atoms with E-state index in [4.69, 9.17) is 11.6 Å². The summed E-state index contributed by atoms with van der Waals surface area (Å²) in [5, 5.41) is 8.52. The van der Waals surface area contributed by atoms with Gasteiger partial charge in [0.2, 0.25) is 0 Å². The maximum atomic E-state index is 5.96. The fourth-order valence-electron chi connectivity index (χ4n) is 1.85. The Kier molecular flexibility index (Phi) is 6.60. The maximum Gasteiger partial charge on any atom is 0.0814 e. The van der Waals surface area contributed by atoms with Crippen LogP contribution in [0.3, 0.4) is 0 Å². The van der Waals surface area contributed by atoms with Gasteiger partial charge in [-0.1, -0.05) is 24.9 Å². The minimum absolute atomic E-state index is 0.622. The van der Waals surface area contributed by atoms with Gasteiger partial charge in [-0.15, -0.1) is 0 Å². The topological polar surface area (TPSA) is 29.9 Å². The quantitative estimate of drug-likeness (QED) is 0.724. The van der Waals surface area contributed by atoms with Crippen LogP contribution in [0.25, 0.3) is 0 Å². The highest BCUT2D eigenvalue weighted by atomic mass is 35.5. The van der Waals surface area contributed by atoms with Crippen LogP contribution in [0.1, 0.15) is 45.2 Å². The van der Waals surface area contributed by atoms with Crippen molar-refractivity contribution in [2.24, 2.45) is 0 Å². The summed E-state index contributed by atoms with van der Waals surface area (Å²) in [5.74, 6) is 0. The fraction of sp³-hybridized carbons (Fsp3) is 0.769. The van der Waals surface area contributed by atoms with Gasteiger partial charge in [-0.3, -0.25) is 4.68 Å². The SMILES string of the molecule is CCCNC(C)CCCCn1ncc(Cl)c1C. The zero-order valence-corrected chi connectivity index (χ0v) is 11.9. The first-order valence-corrected chi connectivity index (χ1v) is 6.94. The Balaban J connectivity index is 2.14. The van der Waals surface area contributed by atoms with Crippen LogP contribution in [-0.4, -0.2) is 22.4 Å². The predicted octanol–water partition coefficient (Wildman–Crippen LogP) is 3.40. The summed E-state index contributed by atoms with van der Waals surface area (Å²) in [4.78, 5) is 0. The highest BCUT2D eigenvalue weighted by Gasteiger charge is 2.04. The van der Waals surface area contributed by atoms with E-state index in [0.717, 1.165) is 30.2 Å². The van der Waals surface area contributed by atoms with Crippen LogP contribution in [0.2, 0.25) is 5.02 Å². The van der Waals surface area contributed by atoms with Gasteiger partial charge in [0, 0.05) is 12.6 Å². The standard InChI is InChI=1S/C13H24ClN3/c1-4-8-15-11(2)7-5-6-9-17-12(3)13(14)10-16-17/h10-11,15H,4-9H2,1-3H3. The smallest absolute Gasteiger partial charge is 0.0814 e. The number of hydrogen-bond acceptors (Lipinski definition) is 2. The van der Waals surface area contributed by atoms with E-state index >= 15 is 0 Å². The number of hydrogen-bond donors (Lipinski definition) is 1. The summed E-state index contributed by atoms with van der Waals surface area (Å²) in [6.45, 7) is 8.56. The Morgan fingerprint density at radius 2 is 2.24 bits per heavy atom. The lowest BCUT2D eigenvalue weighted by molar-refractivity contribution is 0.464. The normalized spacial score (nSPS) is 12.9. The van der Waals surface area contributed by atoms with Crippen LogP contribution >= 0.6 is 11.6 Å². The lowest BCUT2D eigenvalue weighted by Crippen LogP contribution is -2.26. The number of nitrogens with zero attached hydrogens (tertiary/aromatic N) is 2. The molecule has 1 atom stereocenters. The minimum Gasteiger partial charge on any atom is -0.314 e. The van der Waals surface area contributed by atoms with E-state index in [2.05, 4.69) is 24.3 Å². The molecule has 0 aliphatic rings. The molecule has 0 amide bonds. The molecule has 0 bridgehead atoms. The molecule has 17 heavy (non-hydrogen) atoms. The van der Waals surface area contributed by atoms with Crippen LogP contribution in [0, 0.1) is 6.92 Å². The van der Waals surface area contributed by atoms with Crippen molar-refractivity contribution < 1.29 is 0 Å². The largest absolute Gasteiger partial charge is 0.314 e. The van der Waals surface area contributed by atoms with Crippen molar-refractivity contribution in [3.8, 4) is 0 Å². The summed E-state index contributed by atoms with van der Waals surface area (Å²) >= 11 is 5.96. The Morgan fingerprint density at radius 3 is 2.82 bits per heavy atom. The maximum absolute atomic E-state index is 5.96. The van der Waals surface area contributed by atoms with Crippen molar-refractivity contribution in [1.29, 1.82) is 0 Å².